The zero-order valence-electron chi connectivity index (χ0n) is 15.5. The first-order chi connectivity index (χ1) is 13.5. The standard InChI is InChI=1S/C19H21Cl2N5O2/c1-2-25-5-7-26(8-6-25)19-23-17-16(18(28)24-19)13(10-15(27)22-17)12-4-3-11(20)9-14(12)21/h3-4,9,13H,2,5-8,10H2,1H3,(H2,22,23,24,27,28). The summed E-state index contributed by atoms with van der Waals surface area (Å²) in [6, 6.07) is 5.08. The van der Waals surface area contributed by atoms with Crippen molar-refractivity contribution in [2.24, 2.45) is 0 Å². The molecule has 0 aliphatic carbocycles. The van der Waals surface area contributed by atoms with Crippen molar-refractivity contribution in [3.05, 3.63) is 49.7 Å². The van der Waals surface area contributed by atoms with Gasteiger partial charge >= 0.3 is 0 Å². The van der Waals surface area contributed by atoms with Gasteiger partial charge in [-0.2, -0.15) is 4.98 Å². The summed E-state index contributed by atoms with van der Waals surface area (Å²) in [4.78, 5) is 37.1. The van der Waals surface area contributed by atoms with Crippen molar-refractivity contribution in [3.8, 4) is 0 Å². The molecule has 1 amide bonds. The highest BCUT2D eigenvalue weighted by Crippen LogP contribution is 2.38. The molecule has 0 saturated carbocycles. The largest absolute Gasteiger partial charge is 0.340 e. The third kappa shape index (κ3) is 3.62. The normalized spacial score (nSPS) is 20.0. The van der Waals surface area contributed by atoms with Crippen molar-refractivity contribution in [1.82, 2.24) is 14.9 Å². The van der Waals surface area contributed by atoms with Crippen LogP contribution in [0.3, 0.4) is 0 Å². The number of carbonyl (C=O) groups is 1. The van der Waals surface area contributed by atoms with Crippen LogP contribution in [0.5, 0.6) is 0 Å². The Morgan fingerprint density at radius 2 is 1.93 bits per heavy atom. The number of likely N-dealkylation sites (N-methyl/N-ethyl adjacent to an activating group) is 1. The number of aromatic nitrogens is 2. The Hall–Kier alpha value is -2.09. The van der Waals surface area contributed by atoms with E-state index in [4.69, 9.17) is 23.2 Å². The van der Waals surface area contributed by atoms with Crippen molar-refractivity contribution >= 4 is 40.9 Å². The van der Waals surface area contributed by atoms with Crippen LogP contribution in [0.1, 0.15) is 30.4 Å². The smallest absolute Gasteiger partial charge is 0.258 e. The van der Waals surface area contributed by atoms with Gasteiger partial charge in [-0.15, -0.1) is 0 Å². The molecule has 28 heavy (non-hydrogen) atoms. The second kappa shape index (κ2) is 7.73. The highest BCUT2D eigenvalue weighted by molar-refractivity contribution is 6.35. The van der Waals surface area contributed by atoms with E-state index in [-0.39, 0.29) is 17.9 Å². The maximum Gasteiger partial charge on any atom is 0.258 e. The van der Waals surface area contributed by atoms with Crippen LogP contribution < -0.4 is 15.8 Å². The number of fused-ring (bicyclic) bond motifs is 1. The number of nitrogens with zero attached hydrogens (tertiary/aromatic N) is 3. The molecule has 1 saturated heterocycles. The Morgan fingerprint density at radius 3 is 2.61 bits per heavy atom. The molecule has 1 atom stereocenters. The zero-order chi connectivity index (χ0) is 19.8. The fourth-order valence-electron chi connectivity index (χ4n) is 3.83. The number of H-pyrrole nitrogens is 1. The summed E-state index contributed by atoms with van der Waals surface area (Å²) in [6.45, 7) is 6.50. The fourth-order valence-corrected chi connectivity index (χ4v) is 4.38. The molecule has 148 valence electrons. The molecular formula is C19H21Cl2N5O2. The number of hydrogen-bond acceptors (Lipinski definition) is 5. The van der Waals surface area contributed by atoms with Crippen LogP contribution in [-0.2, 0) is 4.79 Å². The Bertz CT molecular complexity index is 969. The van der Waals surface area contributed by atoms with Gasteiger partial charge in [0.05, 0.1) is 5.56 Å². The number of rotatable bonds is 3. The number of hydrogen-bond donors (Lipinski definition) is 2. The molecule has 2 N–H and O–H groups in total. The summed E-state index contributed by atoms with van der Waals surface area (Å²) in [7, 11) is 0. The van der Waals surface area contributed by atoms with Gasteiger partial charge < -0.3 is 15.1 Å². The average Bonchev–Trinajstić information content (AvgIpc) is 2.67. The molecule has 9 heteroatoms. The molecular weight excluding hydrogens is 401 g/mol. The van der Waals surface area contributed by atoms with Crippen LogP contribution in [0, 0.1) is 0 Å². The maximum atomic E-state index is 13.0. The van der Waals surface area contributed by atoms with Gasteiger partial charge in [0, 0.05) is 48.6 Å². The van der Waals surface area contributed by atoms with E-state index in [1.165, 1.54) is 0 Å². The second-order valence-electron chi connectivity index (χ2n) is 7.04. The molecule has 1 unspecified atom stereocenters. The molecule has 0 bridgehead atoms. The number of amides is 1. The summed E-state index contributed by atoms with van der Waals surface area (Å²) in [5.74, 6) is 0.144. The minimum Gasteiger partial charge on any atom is -0.340 e. The number of aromatic amines is 1. The lowest BCUT2D eigenvalue weighted by molar-refractivity contribution is -0.116. The van der Waals surface area contributed by atoms with Gasteiger partial charge in [0.1, 0.15) is 5.82 Å². The van der Waals surface area contributed by atoms with Crippen LogP contribution >= 0.6 is 23.2 Å². The topological polar surface area (TPSA) is 81.3 Å². The van der Waals surface area contributed by atoms with E-state index in [1.807, 2.05) is 4.90 Å². The van der Waals surface area contributed by atoms with E-state index < -0.39 is 5.92 Å². The maximum absolute atomic E-state index is 13.0. The van der Waals surface area contributed by atoms with E-state index in [0.29, 0.717) is 32.9 Å². The molecule has 1 fully saturated rings. The fraction of sp³-hybridized carbons (Fsp3) is 0.421. The molecule has 2 aliphatic heterocycles. The first-order valence-electron chi connectivity index (χ1n) is 9.32. The lowest BCUT2D eigenvalue weighted by Crippen LogP contribution is -2.47. The van der Waals surface area contributed by atoms with Crippen molar-refractivity contribution in [3.63, 3.8) is 0 Å². The summed E-state index contributed by atoms with van der Waals surface area (Å²) in [5, 5.41) is 3.69. The number of carbonyl (C=O) groups excluding carboxylic acids is 1. The highest BCUT2D eigenvalue weighted by Gasteiger charge is 2.33. The Kier molecular flexibility index (Phi) is 5.31. The summed E-state index contributed by atoms with van der Waals surface area (Å²) < 4.78 is 0. The molecule has 2 aromatic rings. The lowest BCUT2D eigenvalue weighted by atomic mass is 9.87. The number of anilines is 2. The van der Waals surface area contributed by atoms with Crippen LogP contribution in [-0.4, -0.2) is 53.5 Å². The van der Waals surface area contributed by atoms with E-state index in [1.54, 1.807) is 18.2 Å². The lowest BCUT2D eigenvalue weighted by Gasteiger charge is -2.35. The van der Waals surface area contributed by atoms with Crippen LogP contribution in [0.4, 0.5) is 11.8 Å². The van der Waals surface area contributed by atoms with Gasteiger partial charge in [-0.1, -0.05) is 36.2 Å². The van der Waals surface area contributed by atoms with Gasteiger partial charge in [-0.25, -0.2) is 0 Å². The number of halogens is 2. The molecule has 3 heterocycles. The highest BCUT2D eigenvalue weighted by atomic mass is 35.5. The second-order valence-corrected chi connectivity index (χ2v) is 7.89. The first kappa shape index (κ1) is 19.2. The quantitative estimate of drug-likeness (QED) is 0.795. The van der Waals surface area contributed by atoms with Gasteiger partial charge in [0.2, 0.25) is 11.9 Å². The number of piperazine rings is 1. The van der Waals surface area contributed by atoms with E-state index in [0.717, 1.165) is 32.7 Å². The van der Waals surface area contributed by atoms with Gasteiger partial charge in [-0.3, -0.25) is 14.6 Å². The monoisotopic (exact) mass is 421 g/mol. The average molecular weight is 422 g/mol. The van der Waals surface area contributed by atoms with Crippen LogP contribution in [0.25, 0.3) is 0 Å². The molecule has 0 radical (unpaired) electrons. The van der Waals surface area contributed by atoms with Crippen LogP contribution in [0.15, 0.2) is 23.0 Å². The van der Waals surface area contributed by atoms with E-state index >= 15 is 0 Å². The Morgan fingerprint density at radius 1 is 1.18 bits per heavy atom. The SMILES string of the molecule is CCN1CCN(c2nc3c(c(=O)[nH]2)C(c2ccc(Cl)cc2Cl)CC(=O)N3)CC1. The first-order valence-corrected chi connectivity index (χ1v) is 10.1. The van der Waals surface area contributed by atoms with Gasteiger partial charge in [0.25, 0.3) is 5.56 Å². The van der Waals surface area contributed by atoms with Crippen molar-refractivity contribution < 1.29 is 4.79 Å². The predicted molar refractivity (Wildman–Crippen MR) is 111 cm³/mol. The molecule has 1 aromatic carbocycles. The van der Waals surface area contributed by atoms with Crippen LogP contribution in [0.2, 0.25) is 10.0 Å². The van der Waals surface area contributed by atoms with Crippen molar-refractivity contribution in [2.75, 3.05) is 42.9 Å². The Labute approximate surface area is 172 Å². The zero-order valence-corrected chi connectivity index (χ0v) is 17.0. The van der Waals surface area contributed by atoms with Crippen molar-refractivity contribution in [1.29, 1.82) is 0 Å². The Balaban J connectivity index is 1.72. The predicted octanol–water partition coefficient (Wildman–Crippen LogP) is 2.69. The minimum atomic E-state index is -0.462. The summed E-state index contributed by atoms with van der Waals surface area (Å²) in [5.41, 5.74) is 0.868. The minimum absolute atomic E-state index is 0.133. The van der Waals surface area contributed by atoms with Crippen molar-refractivity contribution in [2.45, 2.75) is 19.3 Å². The van der Waals surface area contributed by atoms with Gasteiger partial charge in [0.15, 0.2) is 0 Å². The van der Waals surface area contributed by atoms with E-state index in [9.17, 15) is 9.59 Å². The summed E-state index contributed by atoms with van der Waals surface area (Å²) in [6.07, 6.45) is 0.133. The molecule has 7 nitrogen and oxygen atoms in total. The third-order valence-corrected chi connectivity index (χ3v) is 5.96. The number of benzene rings is 1. The molecule has 2 aliphatic rings. The molecule has 4 rings (SSSR count). The molecule has 0 spiro atoms. The number of nitrogens with one attached hydrogen (secondary N) is 2. The molecule has 1 aromatic heterocycles. The van der Waals surface area contributed by atoms with Gasteiger partial charge in [-0.05, 0) is 24.2 Å². The van der Waals surface area contributed by atoms with E-state index in [2.05, 4.69) is 27.1 Å². The summed E-state index contributed by atoms with van der Waals surface area (Å²) >= 11 is 12.3. The third-order valence-electron chi connectivity index (χ3n) is 5.40.